The molecule has 0 aliphatic carbocycles. The molecule has 4 rings (SSSR count). The largest absolute Gasteiger partial charge is 0.480 e. The maximum absolute atomic E-state index is 12.7. The van der Waals surface area contributed by atoms with Crippen LogP contribution in [0.4, 0.5) is 5.82 Å². The van der Waals surface area contributed by atoms with Crippen LogP contribution >= 0.6 is 23.2 Å². The highest BCUT2D eigenvalue weighted by Crippen LogP contribution is 2.27. The number of amides is 1. The van der Waals surface area contributed by atoms with Crippen molar-refractivity contribution >= 4 is 40.9 Å². The number of nitriles is 1. The van der Waals surface area contributed by atoms with E-state index in [9.17, 15) is 14.7 Å². The van der Waals surface area contributed by atoms with Crippen LogP contribution in [0.3, 0.4) is 0 Å². The molecule has 0 radical (unpaired) electrons. The number of carbonyl (C=O) groups excluding carboxylic acids is 1. The first-order valence-electron chi connectivity index (χ1n) is 12.2. The van der Waals surface area contributed by atoms with Gasteiger partial charge in [-0.15, -0.1) is 0 Å². The number of aliphatic carboxylic acids is 1. The number of hydrogen-bond acceptors (Lipinski definition) is 6. The number of rotatable bonds is 9. The lowest BCUT2D eigenvalue weighted by Gasteiger charge is -2.20. The fourth-order valence-electron chi connectivity index (χ4n) is 4.87. The van der Waals surface area contributed by atoms with Crippen LogP contribution in [0.5, 0.6) is 0 Å². The molecule has 36 heavy (non-hydrogen) atoms. The second kappa shape index (κ2) is 11.9. The number of hydrogen-bond donors (Lipinski definition) is 3. The van der Waals surface area contributed by atoms with Crippen molar-refractivity contribution in [1.82, 2.24) is 15.2 Å². The monoisotopic (exact) mass is 529 g/mol. The maximum Gasteiger partial charge on any atom is 0.326 e. The number of benzene rings is 1. The summed E-state index contributed by atoms with van der Waals surface area (Å²) in [5.41, 5.74) is 2.59. The summed E-state index contributed by atoms with van der Waals surface area (Å²) in [6, 6.07) is 7.81. The van der Waals surface area contributed by atoms with Gasteiger partial charge in [0.15, 0.2) is 0 Å². The highest BCUT2D eigenvalue weighted by Gasteiger charge is 2.27. The molecule has 2 unspecified atom stereocenters. The fraction of sp³-hybridized carbons (Fsp3) is 0.462. The SMILES string of the molecule is N#Cc1cc(Cl)c(C(=O)NC(CCN2CCC(CCc3ccc4c(n3)NCCC4)C2)C(=O)O)c(Cl)c1. The number of pyridine rings is 1. The van der Waals surface area contributed by atoms with Crippen molar-refractivity contribution in [2.45, 2.75) is 44.6 Å². The average Bonchev–Trinajstić information content (AvgIpc) is 3.32. The predicted octanol–water partition coefficient (Wildman–Crippen LogP) is 4.15. The van der Waals surface area contributed by atoms with Crippen molar-refractivity contribution in [3.8, 4) is 6.07 Å². The summed E-state index contributed by atoms with van der Waals surface area (Å²) < 4.78 is 0. The fourth-order valence-corrected chi connectivity index (χ4v) is 5.52. The normalized spacial score (nSPS) is 18.1. The molecule has 0 saturated carbocycles. The van der Waals surface area contributed by atoms with E-state index in [-0.39, 0.29) is 27.6 Å². The molecule has 1 aromatic heterocycles. The second-order valence-electron chi connectivity index (χ2n) is 9.41. The number of aryl methyl sites for hydroxylation is 2. The minimum Gasteiger partial charge on any atom is -0.480 e. The van der Waals surface area contributed by atoms with Crippen molar-refractivity contribution in [3.63, 3.8) is 0 Å². The van der Waals surface area contributed by atoms with Gasteiger partial charge in [0.25, 0.3) is 5.91 Å². The van der Waals surface area contributed by atoms with E-state index in [4.69, 9.17) is 33.4 Å². The van der Waals surface area contributed by atoms with Crippen LogP contribution < -0.4 is 10.6 Å². The first kappa shape index (κ1) is 26.2. The molecule has 0 bridgehead atoms. The zero-order valence-corrected chi connectivity index (χ0v) is 21.4. The third kappa shape index (κ3) is 6.47. The zero-order chi connectivity index (χ0) is 25.7. The van der Waals surface area contributed by atoms with Gasteiger partial charge in [-0.25, -0.2) is 9.78 Å². The Bertz CT molecular complexity index is 1160. The Kier molecular flexibility index (Phi) is 8.68. The number of carbonyl (C=O) groups is 2. The van der Waals surface area contributed by atoms with E-state index in [2.05, 4.69) is 27.7 Å². The number of likely N-dealkylation sites (tertiary alicyclic amines) is 1. The van der Waals surface area contributed by atoms with Gasteiger partial charge in [-0.3, -0.25) is 4.79 Å². The average molecular weight is 530 g/mol. The van der Waals surface area contributed by atoms with E-state index in [1.165, 1.54) is 17.7 Å². The minimum absolute atomic E-state index is 0.00673. The Morgan fingerprint density at radius 3 is 2.81 bits per heavy atom. The maximum atomic E-state index is 12.7. The van der Waals surface area contributed by atoms with Crippen molar-refractivity contribution in [1.29, 1.82) is 5.26 Å². The molecule has 3 heterocycles. The number of aromatic nitrogens is 1. The van der Waals surface area contributed by atoms with Crippen molar-refractivity contribution < 1.29 is 14.7 Å². The van der Waals surface area contributed by atoms with E-state index < -0.39 is 17.9 Å². The summed E-state index contributed by atoms with van der Waals surface area (Å²) in [7, 11) is 0. The molecule has 1 saturated heterocycles. The second-order valence-corrected chi connectivity index (χ2v) is 10.2. The summed E-state index contributed by atoms with van der Waals surface area (Å²) in [5, 5.41) is 24.6. The lowest BCUT2D eigenvalue weighted by molar-refractivity contribution is -0.139. The number of carboxylic acids is 1. The molecule has 1 fully saturated rings. The van der Waals surface area contributed by atoms with Gasteiger partial charge in [-0.2, -0.15) is 5.26 Å². The third-order valence-electron chi connectivity index (χ3n) is 6.87. The van der Waals surface area contributed by atoms with Crippen LogP contribution in [-0.4, -0.2) is 59.1 Å². The van der Waals surface area contributed by atoms with Gasteiger partial charge in [0.2, 0.25) is 0 Å². The van der Waals surface area contributed by atoms with E-state index in [1.807, 2.05) is 6.07 Å². The number of halogens is 2. The quantitative estimate of drug-likeness (QED) is 0.446. The first-order valence-corrected chi connectivity index (χ1v) is 13.0. The molecule has 2 aliphatic heterocycles. The Morgan fingerprint density at radius 1 is 1.31 bits per heavy atom. The molecule has 0 spiro atoms. The van der Waals surface area contributed by atoms with Crippen molar-refractivity contribution in [2.24, 2.45) is 5.92 Å². The lowest BCUT2D eigenvalue weighted by atomic mass is 10.00. The van der Waals surface area contributed by atoms with Crippen LogP contribution in [-0.2, 0) is 17.6 Å². The lowest BCUT2D eigenvalue weighted by Crippen LogP contribution is -2.43. The van der Waals surface area contributed by atoms with Crippen LogP contribution in [0.2, 0.25) is 10.0 Å². The summed E-state index contributed by atoms with van der Waals surface area (Å²) in [4.78, 5) is 31.5. The number of anilines is 1. The van der Waals surface area contributed by atoms with Crippen LogP contribution in [0.1, 0.15) is 52.9 Å². The Hall–Kier alpha value is -2.86. The number of nitrogens with zero attached hydrogens (tertiary/aromatic N) is 3. The van der Waals surface area contributed by atoms with Gasteiger partial charge in [-0.05, 0) is 74.8 Å². The van der Waals surface area contributed by atoms with Gasteiger partial charge in [0.1, 0.15) is 11.9 Å². The predicted molar refractivity (Wildman–Crippen MR) is 139 cm³/mol. The summed E-state index contributed by atoms with van der Waals surface area (Å²) >= 11 is 12.2. The number of fused-ring (bicyclic) bond motifs is 1. The number of carboxylic acid groups (broad SMARTS) is 1. The first-order chi connectivity index (χ1) is 17.3. The van der Waals surface area contributed by atoms with Gasteiger partial charge in [0, 0.05) is 25.3 Å². The molecule has 3 N–H and O–H groups in total. The topological polar surface area (TPSA) is 118 Å². The van der Waals surface area contributed by atoms with E-state index in [0.29, 0.717) is 12.5 Å². The third-order valence-corrected chi connectivity index (χ3v) is 7.46. The summed E-state index contributed by atoms with van der Waals surface area (Å²) in [6.45, 7) is 3.34. The van der Waals surface area contributed by atoms with Crippen LogP contribution in [0, 0.1) is 17.2 Å². The van der Waals surface area contributed by atoms with Crippen LogP contribution in [0.15, 0.2) is 24.3 Å². The Balaban J connectivity index is 1.26. The molecule has 2 atom stereocenters. The standard InChI is InChI=1S/C26H29Cl2N5O3/c27-20-12-17(14-29)13-21(28)23(20)25(34)32-22(26(35)36)8-11-33-10-7-16(15-33)3-5-19-6-4-18-2-1-9-30-24(18)31-19/h4,6,12-13,16,22H,1-3,5,7-11,15H2,(H,30,31)(H,32,34)(H,35,36). The van der Waals surface area contributed by atoms with E-state index in [0.717, 1.165) is 63.3 Å². The molecular formula is C26H29Cl2N5O3. The molecular weight excluding hydrogens is 501 g/mol. The molecule has 190 valence electrons. The van der Waals surface area contributed by atoms with Gasteiger partial charge in [0.05, 0.1) is 27.2 Å². The number of nitrogens with one attached hydrogen (secondary N) is 2. The van der Waals surface area contributed by atoms with Crippen molar-refractivity contribution in [2.75, 3.05) is 31.5 Å². The minimum atomic E-state index is -1.12. The van der Waals surface area contributed by atoms with Crippen LogP contribution in [0.25, 0.3) is 0 Å². The van der Waals surface area contributed by atoms with Gasteiger partial charge in [-0.1, -0.05) is 29.3 Å². The molecule has 2 aliphatic rings. The summed E-state index contributed by atoms with van der Waals surface area (Å²) in [5.74, 6) is -0.234. The smallest absolute Gasteiger partial charge is 0.326 e. The molecule has 2 aromatic rings. The van der Waals surface area contributed by atoms with Gasteiger partial charge >= 0.3 is 5.97 Å². The Labute approximate surface area is 220 Å². The van der Waals surface area contributed by atoms with E-state index >= 15 is 0 Å². The Morgan fingerprint density at radius 2 is 2.08 bits per heavy atom. The van der Waals surface area contributed by atoms with E-state index in [1.54, 1.807) is 0 Å². The highest BCUT2D eigenvalue weighted by atomic mass is 35.5. The summed E-state index contributed by atoms with van der Waals surface area (Å²) in [6.07, 6.45) is 5.51. The molecule has 8 nitrogen and oxygen atoms in total. The molecule has 1 aromatic carbocycles. The highest BCUT2D eigenvalue weighted by molar-refractivity contribution is 6.39. The van der Waals surface area contributed by atoms with Gasteiger partial charge < -0.3 is 20.6 Å². The molecule has 10 heteroatoms. The molecule has 1 amide bonds. The van der Waals surface area contributed by atoms with Crippen molar-refractivity contribution in [3.05, 3.63) is 56.7 Å². The zero-order valence-electron chi connectivity index (χ0n) is 19.9.